The average Bonchev–Trinajstić information content (AvgIpc) is 2.56. The number of benzene rings is 1. The summed E-state index contributed by atoms with van der Waals surface area (Å²) in [7, 11) is 1.61. The van der Waals surface area contributed by atoms with Gasteiger partial charge in [-0.15, -0.1) is 0 Å². The lowest BCUT2D eigenvalue weighted by atomic mass is 10.1. The second-order valence-corrected chi connectivity index (χ2v) is 4.62. The van der Waals surface area contributed by atoms with Gasteiger partial charge in [-0.05, 0) is 5.56 Å². The van der Waals surface area contributed by atoms with Crippen LogP contribution >= 0.6 is 0 Å². The summed E-state index contributed by atoms with van der Waals surface area (Å²) in [5.41, 5.74) is 1.18. The zero-order valence-corrected chi connectivity index (χ0v) is 11.4. The molecule has 2 aromatic rings. The van der Waals surface area contributed by atoms with E-state index in [-0.39, 0.29) is 6.10 Å². The molecule has 1 fully saturated rings. The number of ether oxygens (including phenoxy) is 2. The largest absolute Gasteiger partial charge is 0.481 e. The summed E-state index contributed by atoms with van der Waals surface area (Å²) >= 11 is 0. The van der Waals surface area contributed by atoms with Crippen LogP contribution in [0.5, 0.6) is 5.88 Å². The summed E-state index contributed by atoms with van der Waals surface area (Å²) in [5.74, 6) is 1.27. The fourth-order valence-corrected chi connectivity index (χ4v) is 2.30. The molecule has 0 amide bonds. The van der Waals surface area contributed by atoms with Crippen molar-refractivity contribution in [1.29, 1.82) is 0 Å². The first-order chi connectivity index (χ1) is 9.86. The Morgan fingerprint density at radius 3 is 2.90 bits per heavy atom. The first kappa shape index (κ1) is 12.9. The Morgan fingerprint density at radius 1 is 1.25 bits per heavy atom. The molecule has 1 aromatic carbocycles. The van der Waals surface area contributed by atoms with Crippen LogP contribution in [0.4, 0.5) is 5.95 Å². The van der Waals surface area contributed by atoms with E-state index in [9.17, 15) is 0 Å². The summed E-state index contributed by atoms with van der Waals surface area (Å²) in [6.07, 6.45) is 1.77. The van der Waals surface area contributed by atoms with Crippen molar-refractivity contribution in [1.82, 2.24) is 9.97 Å². The van der Waals surface area contributed by atoms with Crippen LogP contribution in [0.1, 0.15) is 11.7 Å². The Hall–Kier alpha value is -2.14. The Bertz CT molecular complexity index is 562. The van der Waals surface area contributed by atoms with Gasteiger partial charge in [0.05, 0.1) is 20.3 Å². The highest BCUT2D eigenvalue weighted by Gasteiger charge is 2.23. The molecular formula is C15H17N3O2. The number of nitrogens with zero attached hydrogens (tertiary/aromatic N) is 3. The van der Waals surface area contributed by atoms with Crippen molar-refractivity contribution >= 4 is 5.95 Å². The third kappa shape index (κ3) is 2.72. The maximum atomic E-state index is 5.84. The molecule has 0 unspecified atom stereocenters. The Morgan fingerprint density at radius 2 is 2.10 bits per heavy atom. The summed E-state index contributed by atoms with van der Waals surface area (Å²) in [4.78, 5) is 10.8. The summed E-state index contributed by atoms with van der Waals surface area (Å²) < 4.78 is 11.0. The lowest BCUT2D eigenvalue weighted by Crippen LogP contribution is -2.39. The van der Waals surface area contributed by atoms with E-state index < -0.39 is 0 Å². The molecule has 104 valence electrons. The zero-order valence-electron chi connectivity index (χ0n) is 11.4. The van der Waals surface area contributed by atoms with Crippen molar-refractivity contribution in [3.8, 4) is 5.88 Å². The number of morpholine rings is 1. The van der Waals surface area contributed by atoms with Gasteiger partial charge in [-0.2, -0.15) is 4.98 Å². The fourth-order valence-electron chi connectivity index (χ4n) is 2.30. The van der Waals surface area contributed by atoms with Crippen LogP contribution in [0.25, 0.3) is 0 Å². The van der Waals surface area contributed by atoms with Crippen molar-refractivity contribution in [2.24, 2.45) is 0 Å². The van der Waals surface area contributed by atoms with Gasteiger partial charge in [-0.25, -0.2) is 4.98 Å². The van der Waals surface area contributed by atoms with E-state index in [0.717, 1.165) is 13.1 Å². The van der Waals surface area contributed by atoms with Gasteiger partial charge < -0.3 is 14.4 Å². The molecule has 20 heavy (non-hydrogen) atoms. The number of aromatic nitrogens is 2. The lowest BCUT2D eigenvalue weighted by Gasteiger charge is -2.33. The van der Waals surface area contributed by atoms with Crippen molar-refractivity contribution in [3.05, 3.63) is 48.2 Å². The zero-order chi connectivity index (χ0) is 13.8. The number of hydrogen-bond acceptors (Lipinski definition) is 5. The first-order valence-electron chi connectivity index (χ1n) is 6.65. The SMILES string of the molecule is COc1ccnc(N2CCO[C@H](c3ccccc3)C2)n1. The maximum absolute atomic E-state index is 5.84. The monoisotopic (exact) mass is 271 g/mol. The minimum absolute atomic E-state index is 0.0553. The number of hydrogen-bond donors (Lipinski definition) is 0. The van der Waals surface area contributed by atoms with Gasteiger partial charge in [0.1, 0.15) is 6.10 Å². The van der Waals surface area contributed by atoms with E-state index >= 15 is 0 Å². The molecule has 1 aromatic heterocycles. The molecule has 2 heterocycles. The maximum Gasteiger partial charge on any atom is 0.228 e. The van der Waals surface area contributed by atoms with Gasteiger partial charge in [-0.1, -0.05) is 30.3 Å². The van der Waals surface area contributed by atoms with Gasteiger partial charge in [-0.3, -0.25) is 0 Å². The number of methoxy groups -OCH3 is 1. The van der Waals surface area contributed by atoms with Crippen molar-refractivity contribution in [2.45, 2.75) is 6.10 Å². The standard InChI is InChI=1S/C15H17N3O2/c1-19-14-7-8-16-15(17-14)18-9-10-20-13(11-18)12-5-3-2-4-6-12/h2-8,13H,9-11H2,1H3/t13-/m0/s1. The molecule has 0 bridgehead atoms. The molecule has 0 aliphatic carbocycles. The van der Waals surface area contributed by atoms with Crippen molar-refractivity contribution < 1.29 is 9.47 Å². The minimum atomic E-state index is 0.0553. The smallest absolute Gasteiger partial charge is 0.228 e. The van der Waals surface area contributed by atoms with E-state index in [1.807, 2.05) is 18.2 Å². The van der Waals surface area contributed by atoms with Crippen LogP contribution in [0.15, 0.2) is 42.6 Å². The molecule has 0 saturated carbocycles. The third-order valence-corrected chi connectivity index (χ3v) is 3.35. The Kier molecular flexibility index (Phi) is 3.78. The van der Waals surface area contributed by atoms with Gasteiger partial charge in [0.25, 0.3) is 0 Å². The summed E-state index contributed by atoms with van der Waals surface area (Å²) in [5, 5.41) is 0. The quantitative estimate of drug-likeness (QED) is 0.855. The highest BCUT2D eigenvalue weighted by atomic mass is 16.5. The molecule has 1 saturated heterocycles. The fraction of sp³-hybridized carbons (Fsp3) is 0.333. The summed E-state index contributed by atoms with van der Waals surface area (Å²) in [6.45, 7) is 2.20. The van der Waals surface area contributed by atoms with Crippen molar-refractivity contribution in [3.63, 3.8) is 0 Å². The molecular weight excluding hydrogens is 254 g/mol. The van der Waals surface area contributed by atoms with Gasteiger partial charge in [0.2, 0.25) is 11.8 Å². The first-order valence-corrected chi connectivity index (χ1v) is 6.65. The second-order valence-electron chi connectivity index (χ2n) is 4.62. The predicted octanol–water partition coefficient (Wildman–Crippen LogP) is 2.06. The molecule has 0 radical (unpaired) electrons. The molecule has 1 aliphatic rings. The average molecular weight is 271 g/mol. The highest BCUT2D eigenvalue weighted by molar-refractivity contribution is 5.34. The molecule has 1 atom stereocenters. The molecule has 0 N–H and O–H groups in total. The second kappa shape index (κ2) is 5.88. The highest BCUT2D eigenvalue weighted by Crippen LogP contribution is 2.24. The summed E-state index contributed by atoms with van der Waals surface area (Å²) in [6, 6.07) is 12.0. The van der Waals surface area contributed by atoms with Gasteiger partial charge in [0, 0.05) is 18.8 Å². The van der Waals surface area contributed by atoms with Crippen molar-refractivity contribution in [2.75, 3.05) is 31.7 Å². The van der Waals surface area contributed by atoms with Crippen LogP contribution in [0.2, 0.25) is 0 Å². The van der Waals surface area contributed by atoms with E-state index in [1.54, 1.807) is 19.4 Å². The molecule has 5 nitrogen and oxygen atoms in total. The van der Waals surface area contributed by atoms with Crippen LogP contribution in [-0.2, 0) is 4.74 Å². The molecule has 3 rings (SSSR count). The van der Waals surface area contributed by atoms with E-state index in [1.165, 1.54) is 5.56 Å². The van der Waals surface area contributed by atoms with Crippen LogP contribution in [-0.4, -0.2) is 36.8 Å². The minimum Gasteiger partial charge on any atom is -0.481 e. The lowest BCUT2D eigenvalue weighted by molar-refractivity contribution is 0.0392. The number of rotatable bonds is 3. The molecule has 5 heteroatoms. The van der Waals surface area contributed by atoms with Crippen LogP contribution in [0, 0.1) is 0 Å². The van der Waals surface area contributed by atoms with Gasteiger partial charge >= 0.3 is 0 Å². The van der Waals surface area contributed by atoms with Crippen LogP contribution in [0.3, 0.4) is 0 Å². The Balaban J connectivity index is 1.78. The van der Waals surface area contributed by atoms with E-state index in [0.29, 0.717) is 18.4 Å². The molecule has 0 spiro atoms. The third-order valence-electron chi connectivity index (χ3n) is 3.35. The number of anilines is 1. The predicted molar refractivity (Wildman–Crippen MR) is 75.9 cm³/mol. The molecule has 1 aliphatic heterocycles. The normalized spacial score (nSPS) is 18.9. The topological polar surface area (TPSA) is 47.5 Å². The Labute approximate surface area is 118 Å². The van der Waals surface area contributed by atoms with E-state index in [2.05, 4.69) is 27.0 Å². The van der Waals surface area contributed by atoms with Crippen LogP contribution < -0.4 is 9.64 Å². The van der Waals surface area contributed by atoms with E-state index in [4.69, 9.17) is 9.47 Å². The van der Waals surface area contributed by atoms with Gasteiger partial charge in [0.15, 0.2) is 0 Å².